The fourth-order valence-electron chi connectivity index (χ4n) is 3.29. The zero-order valence-electron chi connectivity index (χ0n) is 18.1. The third-order valence-electron chi connectivity index (χ3n) is 5.15. The number of rotatable bonds is 10. The number of hydrogen-bond acceptors (Lipinski definition) is 7. The molecule has 2 heterocycles. The quantitative estimate of drug-likeness (QED) is 0.108. The highest BCUT2D eigenvalue weighted by Gasteiger charge is 2.50. The second kappa shape index (κ2) is 9.33. The Kier molecular flexibility index (Phi) is 6.69. The van der Waals surface area contributed by atoms with Crippen molar-refractivity contribution in [3.8, 4) is 11.5 Å². The molecule has 0 amide bonds. The monoisotopic (exact) mass is 476 g/mol. The molecule has 2 fully saturated rings. The van der Waals surface area contributed by atoms with E-state index in [4.69, 9.17) is 9.26 Å². The minimum absolute atomic E-state index is 0.0968. The van der Waals surface area contributed by atoms with E-state index in [9.17, 15) is 14.7 Å². The van der Waals surface area contributed by atoms with Gasteiger partial charge in [-0.05, 0) is 49.9 Å². The first-order chi connectivity index (χ1) is 15.4. The molecule has 32 heavy (non-hydrogen) atoms. The number of ether oxygens (including phenoxy) is 1. The first kappa shape index (κ1) is 22.9. The summed E-state index contributed by atoms with van der Waals surface area (Å²) in [6.45, 7) is 6.63. The molecule has 2 aromatic carbocycles. The Balaban J connectivity index is 1.62. The highest BCUT2D eigenvalue weighted by Crippen LogP contribution is 2.63. The van der Waals surface area contributed by atoms with Crippen LogP contribution in [0, 0.1) is 10.1 Å². The number of nitro groups is 1. The molecule has 0 aliphatic carbocycles. The molecule has 0 bridgehead atoms. The first-order valence-electron chi connectivity index (χ1n) is 10.3. The molecule has 0 aromatic heterocycles. The number of nitrogens with zero attached hydrogens (tertiary/aromatic N) is 4. The van der Waals surface area contributed by atoms with Gasteiger partial charge < -0.3 is 4.74 Å². The maximum Gasteiger partial charge on any atom is 0.346 e. The topological polar surface area (TPSA) is 97.0 Å². The Morgan fingerprint density at radius 2 is 1.88 bits per heavy atom. The fourth-order valence-corrected chi connectivity index (χ4v) is 6.16. The average molecular weight is 476 g/mol. The van der Waals surface area contributed by atoms with Crippen molar-refractivity contribution in [2.24, 2.45) is 4.99 Å². The lowest BCUT2D eigenvalue weighted by atomic mass is 10.1. The van der Waals surface area contributed by atoms with Crippen molar-refractivity contribution in [2.45, 2.75) is 24.8 Å². The van der Waals surface area contributed by atoms with Gasteiger partial charge in [-0.3, -0.25) is 24.2 Å². The summed E-state index contributed by atoms with van der Waals surface area (Å²) in [5.41, 5.74) is 1.23. The van der Waals surface area contributed by atoms with E-state index in [0.29, 0.717) is 11.3 Å². The summed E-state index contributed by atoms with van der Waals surface area (Å²) < 4.78 is 28.9. The maximum absolute atomic E-state index is 13.3. The predicted octanol–water partition coefficient (Wildman–Crippen LogP) is 5.65. The Hall–Kier alpha value is -2.23. The Morgan fingerprint density at radius 1 is 1.19 bits per heavy atom. The molecule has 170 valence electrons. The highest BCUT2D eigenvalue weighted by atomic mass is 32.2. The third-order valence-corrected chi connectivity index (χ3v) is 8.76. The maximum atomic E-state index is 13.3. The third kappa shape index (κ3) is 4.89. The molecule has 2 saturated heterocycles. The summed E-state index contributed by atoms with van der Waals surface area (Å²) in [7, 11) is -3.02. The van der Waals surface area contributed by atoms with E-state index in [1.807, 2.05) is 28.6 Å². The first-order valence-corrected chi connectivity index (χ1v) is 13.0. The molecule has 11 heteroatoms. The second-order valence-corrected chi connectivity index (χ2v) is 10.6. The smallest absolute Gasteiger partial charge is 0.346 e. The zero-order chi connectivity index (χ0) is 22.9. The van der Waals surface area contributed by atoms with Gasteiger partial charge >= 0.3 is 13.4 Å². The van der Waals surface area contributed by atoms with Crippen LogP contribution in [-0.4, -0.2) is 52.9 Å². The van der Waals surface area contributed by atoms with Gasteiger partial charge in [0.05, 0.1) is 16.7 Å². The van der Waals surface area contributed by atoms with E-state index < -0.39 is 18.7 Å². The minimum atomic E-state index is -3.02. The molecule has 2 aliphatic heterocycles. The zero-order valence-corrected chi connectivity index (χ0v) is 19.8. The van der Waals surface area contributed by atoms with E-state index in [-0.39, 0.29) is 11.4 Å². The van der Waals surface area contributed by atoms with E-state index in [2.05, 4.69) is 4.99 Å². The molecule has 2 aliphatic rings. The summed E-state index contributed by atoms with van der Waals surface area (Å²) in [5, 5.41) is 11.6. The molecule has 0 unspecified atom stereocenters. The van der Waals surface area contributed by atoms with Crippen LogP contribution in [0.15, 0.2) is 46.3 Å². The summed E-state index contributed by atoms with van der Waals surface area (Å²) in [5.74, 6) is 0.538. The summed E-state index contributed by atoms with van der Waals surface area (Å²) in [4.78, 5) is 16.4. The number of thioether (sulfide) groups is 1. The van der Waals surface area contributed by atoms with Crippen LogP contribution in [0.4, 0.5) is 11.4 Å². The van der Waals surface area contributed by atoms with Crippen LogP contribution in [0.5, 0.6) is 11.5 Å². The molecule has 0 N–H and O–H groups in total. The number of nitro benzene ring substituents is 1. The average Bonchev–Trinajstić information content (AvgIpc) is 3.65. The van der Waals surface area contributed by atoms with Gasteiger partial charge in [0.25, 0.3) is 0 Å². The number of aliphatic imine (C=N–C) groups is 1. The van der Waals surface area contributed by atoms with Crippen LogP contribution in [-0.2, 0) is 9.09 Å². The van der Waals surface area contributed by atoms with Crippen LogP contribution >= 0.6 is 19.4 Å². The van der Waals surface area contributed by atoms with Gasteiger partial charge in [0.1, 0.15) is 5.75 Å². The Morgan fingerprint density at radius 3 is 2.44 bits per heavy atom. The van der Waals surface area contributed by atoms with Crippen LogP contribution < -0.4 is 4.74 Å². The SMILES string of the molecule is CC=Nc1cc(Oc2cc([C@@H](C)OP(=O)(N3CC3)N3CC3)ccc2[N+](=O)[O-])ccc1SC. The Labute approximate surface area is 191 Å². The van der Waals surface area contributed by atoms with Gasteiger partial charge in [0, 0.05) is 49.4 Å². The van der Waals surface area contributed by atoms with E-state index >= 15 is 0 Å². The van der Waals surface area contributed by atoms with E-state index in [1.165, 1.54) is 6.07 Å². The lowest BCUT2D eigenvalue weighted by Gasteiger charge is -2.24. The van der Waals surface area contributed by atoms with Gasteiger partial charge in [0.2, 0.25) is 5.75 Å². The molecular formula is C21H25N4O5PS. The van der Waals surface area contributed by atoms with Gasteiger partial charge in [-0.25, -0.2) is 9.34 Å². The standard InChI is InChI=1S/C21H25N4O5PS/c1-4-22-18-14-17(6-8-21(18)32-3)29-20-13-16(5-7-19(20)25(26)27)15(2)30-31(28,23-9-10-23)24-11-12-24/h4-8,13-15H,9-12H2,1-3H3/t15-/m1/s1. The van der Waals surface area contributed by atoms with Crippen molar-refractivity contribution < 1.29 is 18.7 Å². The van der Waals surface area contributed by atoms with Crippen LogP contribution in [0.25, 0.3) is 0 Å². The highest BCUT2D eigenvalue weighted by molar-refractivity contribution is 7.98. The normalized spacial score (nSPS) is 17.5. The Bertz CT molecular complexity index is 1090. The van der Waals surface area contributed by atoms with Crippen LogP contribution in [0.3, 0.4) is 0 Å². The molecule has 0 radical (unpaired) electrons. The van der Waals surface area contributed by atoms with Gasteiger partial charge in [-0.15, -0.1) is 11.8 Å². The van der Waals surface area contributed by atoms with Gasteiger partial charge in [0.15, 0.2) is 0 Å². The van der Waals surface area contributed by atoms with Crippen molar-refractivity contribution in [2.75, 3.05) is 32.4 Å². The van der Waals surface area contributed by atoms with Crippen molar-refractivity contribution in [3.63, 3.8) is 0 Å². The van der Waals surface area contributed by atoms with Crippen molar-refractivity contribution in [3.05, 3.63) is 52.1 Å². The summed E-state index contributed by atoms with van der Waals surface area (Å²) >= 11 is 1.56. The molecule has 0 saturated carbocycles. The van der Waals surface area contributed by atoms with Crippen molar-refractivity contribution in [1.82, 2.24) is 9.34 Å². The molecule has 1 atom stereocenters. The summed E-state index contributed by atoms with van der Waals surface area (Å²) in [6.07, 6.45) is 3.12. The van der Waals surface area contributed by atoms with Gasteiger partial charge in [-0.2, -0.15) is 0 Å². The molecule has 2 aromatic rings. The molecule has 4 rings (SSSR count). The molecule has 9 nitrogen and oxygen atoms in total. The lowest BCUT2D eigenvalue weighted by Crippen LogP contribution is -2.10. The molecular weight excluding hydrogens is 451 g/mol. The lowest BCUT2D eigenvalue weighted by molar-refractivity contribution is -0.385. The van der Waals surface area contributed by atoms with E-state index in [1.54, 1.807) is 49.2 Å². The fraction of sp³-hybridized carbons (Fsp3) is 0.381. The molecule has 0 spiro atoms. The van der Waals surface area contributed by atoms with Crippen LogP contribution in [0.2, 0.25) is 0 Å². The van der Waals surface area contributed by atoms with Gasteiger partial charge in [-0.1, -0.05) is 0 Å². The van der Waals surface area contributed by atoms with Crippen molar-refractivity contribution >= 4 is 37.0 Å². The minimum Gasteiger partial charge on any atom is -0.450 e. The van der Waals surface area contributed by atoms with Crippen molar-refractivity contribution in [1.29, 1.82) is 0 Å². The largest absolute Gasteiger partial charge is 0.450 e. The second-order valence-electron chi connectivity index (χ2n) is 7.45. The number of benzene rings is 2. The number of hydrogen-bond donors (Lipinski definition) is 0. The van der Waals surface area contributed by atoms with Crippen LogP contribution in [0.1, 0.15) is 25.5 Å². The summed E-state index contributed by atoms with van der Waals surface area (Å²) in [6, 6.07) is 9.97. The van der Waals surface area contributed by atoms with E-state index in [0.717, 1.165) is 36.8 Å². The predicted molar refractivity (Wildman–Crippen MR) is 125 cm³/mol.